The zero-order valence-electron chi connectivity index (χ0n) is 18.0. The number of fused-ring (bicyclic) bond motifs is 3. The fourth-order valence-corrected chi connectivity index (χ4v) is 5.05. The number of nitrogens with zero attached hydrogens (tertiary/aromatic N) is 5. The molecule has 1 fully saturated rings. The van der Waals surface area contributed by atoms with Crippen molar-refractivity contribution in [2.24, 2.45) is 7.05 Å². The molecule has 2 amide bonds. The van der Waals surface area contributed by atoms with E-state index < -0.39 is 0 Å². The molecule has 4 heterocycles. The summed E-state index contributed by atoms with van der Waals surface area (Å²) in [5.41, 5.74) is 3.73. The standard InChI is InChI=1S/C23H26N6O2/c1-14-18(13-27(3)26-14)23(31)29-16-9-10-17(29)12-28-19(11-16)20(22(30)24-2)25-21(28)15-7-5-4-6-8-15/h4-8,13,16-17H,9-12H2,1-3H3,(H,24,30)/t16-,17+/m0/s1. The summed E-state index contributed by atoms with van der Waals surface area (Å²) in [5.74, 6) is 0.621. The number of hydrogen-bond acceptors (Lipinski definition) is 4. The van der Waals surface area contributed by atoms with Crippen LogP contribution in [0.2, 0.25) is 0 Å². The summed E-state index contributed by atoms with van der Waals surface area (Å²) in [6.07, 6.45) is 4.28. The molecule has 1 aromatic carbocycles. The molecule has 2 aliphatic heterocycles. The van der Waals surface area contributed by atoms with Gasteiger partial charge in [0.25, 0.3) is 11.8 Å². The molecular weight excluding hydrogens is 392 g/mol. The Balaban J connectivity index is 1.58. The highest BCUT2D eigenvalue weighted by atomic mass is 16.2. The first-order valence-electron chi connectivity index (χ1n) is 10.7. The maximum atomic E-state index is 13.5. The monoisotopic (exact) mass is 418 g/mol. The molecule has 160 valence electrons. The van der Waals surface area contributed by atoms with E-state index in [1.807, 2.05) is 49.2 Å². The fraction of sp³-hybridized carbons (Fsp3) is 0.391. The second-order valence-corrected chi connectivity index (χ2v) is 8.39. The largest absolute Gasteiger partial charge is 0.354 e. The molecule has 0 spiro atoms. The molecule has 0 radical (unpaired) electrons. The van der Waals surface area contributed by atoms with E-state index >= 15 is 0 Å². The third kappa shape index (κ3) is 3.13. The van der Waals surface area contributed by atoms with E-state index in [0.29, 0.717) is 24.2 Å². The fourth-order valence-electron chi connectivity index (χ4n) is 5.05. The minimum Gasteiger partial charge on any atom is -0.354 e. The van der Waals surface area contributed by atoms with Crippen LogP contribution in [0, 0.1) is 6.92 Å². The molecule has 5 rings (SSSR count). The third-order valence-electron chi connectivity index (χ3n) is 6.47. The summed E-state index contributed by atoms with van der Waals surface area (Å²) in [5, 5.41) is 7.08. The Bertz CT molecular complexity index is 1160. The highest BCUT2D eigenvalue weighted by Crippen LogP contribution is 2.36. The van der Waals surface area contributed by atoms with Gasteiger partial charge in [-0.05, 0) is 19.8 Å². The second kappa shape index (κ2) is 7.37. The molecule has 2 aliphatic rings. The molecule has 31 heavy (non-hydrogen) atoms. The van der Waals surface area contributed by atoms with Crippen molar-refractivity contribution < 1.29 is 9.59 Å². The predicted octanol–water partition coefficient (Wildman–Crippen LogP) is 2.18. The number of aromatic nitrogens is 4. The lowest BCUT2D eigenvalue weighted by Gasteiger charge is -2.28. The van der Waals surface area contributed by atoms with Crippen molar-refractivity contribution in [2.45, 2.75) is 44.8 Å². The lowest BCUT2D eigenvalue weighted by Crippen LogP contribution is -2.42. The van der Waals surface area contributed by atoms with Crippen molar-refractivity contribution in [1.29, 1.82) is 0 Å². The zero-order chi connectivity index (χ0) is 21.7. The van der Waals surface area contributed by atoms with Crippen LogP contribution in [-0.2, 0) is 20.0 Å². The highest BCUT2D eigenvalue weighted by molar-refractivity contribution is 5.96. The molecule has 2 bridgehead atoms. The van der Waals surface area contributed by atoms with Crippen LogP contribution in [0.1, 0.15) is 45.1 Å². The first-order chi connectivity index (χ1) is 15.0. The molecule has 8 heteroatoms. The Hall–Kier alpha value is -3.42. The van der Waals surface area contributed by atoms with E-state index in [1.165, 1.54) is 0 Å². The number of amides is 2. The van der Waals surface area contributed by atoms with Gasteiger partial charge in [0.2, 0.25) is 0 Å². The van der Waals surface area contributed by atoms with Crippen molar-refractivity contribution in [3.05, 3.63) is 59.2 Å². The van der Waals surface area contributed by atoms with Crippen molar-refractivity contribution in [3.63, 3.8) is 0 Å². The number of rotatable bonds is 3. The van der Waals surface area contributed by atoms with Gasteiger partial charge >= 0.3 is 0 Å². The van der Waals surface area contributed by atoms with Gasteiger partial charge in [0.05, 0.1) is 23.0 Å². The lowest BCUT2D eigenvalue weighted by atomic mass is 10.0. The van der Waals surface area contributed by atoms with Crippen LogP contribution in [0.4, 0.5) is 0 Å². The van der Waals surface area contributed by atoms with Crippen LogP contribution < -0.4 is 5.32 Å². The van der Waals surface area contributed by atoms with Crippen molar-refractivity contribution in [1.82, 2.24) is 29.5 Å². The lowest BCUT2D eigenvalue weighted by molar-refractivity contribution is 0.0665. The van der Waals surface area contributed by atoms with E-state index in [2.05, 4.69) is 15.0 Å². The molecule has 3 aromatic rings. The van der Waals surface area contributed by atoms with E-state index in [0.717, 1.165) is 35.6 Å². The molecular formula is C23H26N6O2. The van der Waals surface area contributed by atoms with Gasteiger partial charge in [0.15, 0.2) is 0 Å². The number of carbonyl (C=O) groups is 2. The van der Waals surface area contributed by atoms with Crippen molar-refractivity contribution >= 4 is 11.8 Å². The second-order valence-electron chi connectivity index (χ2n) is 8.39. The van der Waals surface area contributed by atoms with Gasteiger partial charge in [-0.1, -0.05) is 30.3 Å². The van der Waals surface area contributed by atoms with Gasteiger partial charge in [0, 0.05) is 44.9 Å². The van der Waals surface area contributed by atoms with Gasteiger partial charge < -0.3 is 14.8 Å². The maximum absolute atomic E-state index is 13.5. The Morgan fingerprint density at radius 2 is 1.87 bits per heavy atom. The molecule has 0 unspecified atom stereocenters. The van der Waals surface area contributed by atoms with Gasteiger partial charge in [-0.15, -0.1) is 0 Å². The summed E-state index contributed by atoms with van der Waals surface area (Å²) in [6.45, 7) is 2.50. The van der Waals surface area contributed by atoms with Crippen LogP contribution in [0.15, 0.2) is 36.5 Å². The van der Waals surface area contributed by atoms with Gasteiger partial charge in [-0.3, -0.25) is 14.3 Å². The van der Waals surface area contributed by atoms with Crippen molar-refractivity contribution in [2.75, 3.05) is 7.05 Å². The molecule has 8 nitrogen and oxygen atoms in total. The van der Waals surface area contributed by atoms with Crippen molar-refractivity contribution in [3.8, 4) is 11.4 Å². The molecule has 1 saturated heterocycles. The summed E-state index contributed by atoms with van der Waals surface area (Å²) >= 11 is 0. The number of benzene rings is 1. The molecule has 2 aromatic heterocycles. The number of nitrogens with one attached hydrogen (secondary N) is 1. The average Bonchev–Trinajstić information content (AvgIpc) is 3.39. The van der Waals surface area contributed by atoms with Crippen LogP contribution in [0.5, 0.6) is 0 Å². The van der Waals surface area contributed by atoms with Gasteiger partial charge in [0.1, 0.15) is 11.5 Å². The third-order valence-corrected chi connectivity index (χ3v) is 6.47. The highest BCUT2D eigenvalue weighted by Gasteiger charge is 2.43. The summed E-state index contributed by atoms with van der Waals surface area (Å²) in [6, 6.07) is 10.0. The Kier molecular flexibility index (Phi) is 4.64. The van der Waals surface area contributed by atoms with Gasteiger partial charge in [-0.25, -0.2) is 4.98 Å². The minimum absolute atomic E-state index is 0.0274. The first kappa shape index (κ1) is 19.5. The molecule has 0 saturated carbocycles. The summed E-state index contributed by atoms with van der Waals surface area (Å²) in [7, 11) is 3.46. The van der Waals surface area contributed by atoms with E-state index in [1.54, 1.807) is 17.9 Å². The summed E-state index contributed by atoms with van der Waals surface area (Å²) in [4.78, 5) is 33.0. The molecule has 2 atom stereocenters. The van der Waals surface area contributed by atoms with E-state index in [4.69, 9.17) is 4.98 Å². The average molecular weight is 419 g/mol. The smallest absolute Gasteiger partial charge is 0.271 e. The number of carbonyl (C=O) groups excluding carboxylic acids is 2. The predicted molar refractivity (Wildman–Crippen MR) is 116 cm³/mol. The minimum atomic E-state index is -0.190. The first-order valence-corrected chi connectivity index (χ1v) is 10.7. The number of hydrogen-bond donors (Lipinski definition) is 1. The summed E-state index contributed by atoms with van der Waals surface area (Å²) < 4.78 is 3.84. The SMILES string of the molecule is CNC(=O)c1nc(-c2ccccc2)n2c1C[C@@H]1CC[C@H](C2)N1C(=O)c1cn(C)nc1C. The Labute approximate surface area is 180 Å². The maximum Gasteiger partial charge on any atom is 0.271 e. The number of imidazole rings is 1. The van der Waals surface area contributed by atoms with Crippen LogP contribution >= 0.6 is 0 Å². The number of aryl methyl sites for hydroxylation is 2. The molecule has 1 N–H and O–H groups in total. The van der Waals surface area contributed by atoms with E-state index in [-0.39, 0.29) is 23.9 Å². The van der Waals surface area contributed by atoms with E-state index in [9.17, 15) is 9.59 Å². The van der Waals surface area contributed by atoms with Crippen LogP contribution in [0.25, 0.3) is 11.4 Å². The molecule has 0 aliphatic carbocycles. The topological polar surface area (TPSA) is 85.0 Å². The van der Waals surface area contributed by atoms with Crippen LogP contribution in [-0.4, -0.2) is 55.2 Å². The Morgan fingerprint density at radius 3 is 2.55 bits per heavy atom. The van der Waals surface area contributed by atoms with Crippen LogP contribution in [0.3, 0.4) is 0 Å². The zero-order valence-corrected chi connectivity index (χ0v) is 18.0. The van der Waals surface area contributed by atoms with Gasteiger partial charge in [-0.2, -0.15) is 5.10 Å². The Morgan fingerprint density at radius 1 is 1.13 bits per heavy atom. The quantitative estimate of drug-likeness (QED) is 0.707. The normalized spacial score (nSPS) is 19.8.